The third kappa shape index (κ3) is 6.27. The average Bonchev–Trinajstić information content (AvgIpc) is 3.58. The number of carbonyl (C=O) groups is 2. The van der Waals surface area contributed by atoms with Crippen LogP contribution in [0.1, 0.15) is 52.2 Å². The first-order chi connectivity index (χ1) is 19.3. The standard InChI is InChI=1S/C29H29F2N5O3S/c1-2-26(38)33-19-4-3-5-20(15-19)36-23-11-6-17(16-32-18-7-9-21(37)10-8-18)14-22(23)34-29(36)35-28(39)25-13-12-24(40-25)27(30)31/h2-6,11-15,18,21,27,32,37H,1,7-10,16H2,(H,33,38)(H,34,35,39)/t18-,21-. The van der Waals surface area contributed by atoms with Crippen molar-refractivity contribution in [3.8, 4) is 5.69 Å². The number of imidazole rings is 1. The highest BCUT2D eigenvalue weighted by Crippen LogP contribution is 2.30. The number of halogens is 2. The number of aromatic nitrogens is 2. The number of anilines is 2. The maximum Gasteiger partial charge on any atom is 0.272 e. The normalized spacial score (nSPS) is 17.2. The number of aliphatic hydroxyl groups excluding tert-OH is 1. The number of rotatable bonds is 9. The molecule has 0 saturated heterocycles. The zero-order valence-corrected chi connectivity index (χ0v) is 22.4. The summed E-state index contributed by atoms with van der Waals surface area (Å²) in [5, 5.41) is 18.8. The highest BCUT2D eigenvalue weighted by molar-refractivity contribution is 7.14. The number of benzene rings is 2. The predicted molar refractivity (Wildman–Crippen MR) is 152 cm³/mol. The van der Waals surface area contributed by atoms with E-state index in [1.54, 1.807) is 22.8 Å². The van der Waals surface area contributed by atoms with E-state index in [1.807, 2.05) is 24.3 Å². The summed E-state index contributed by atoms with van der Waals surface area (Å²) in [6, 6.07) is 15.8. The zero-order valence-electron chi connectivity index (χ0n) is 21.6. The molecule has 4 aromatic rings. The molecular weight excluding hydrogens is 536 g/mol. The van der Waals surface area contributed by atoms with Crippen LogP contribution in [0.3, 0.4) is 0 Å². The zero-order chi connectivity index (χ0) is 28.2. The third-order valence-electron chi connectivity index (χ3n) is 6.86. The van der Waals surface area contributed by atoms with Crippen molar-refractivity contribution >= 4 is 45.8 Å². The van der Waals surface area contributed by atoms with Gasteiger partial charge in [-0.25, -0.2) is 13.8 Å². The summed E-state index contributed by atoms with van der Waals surface area (Å²) in [7, 11) is 0. The molecule has 0 atom stereocenters. The Kier molecular flexibility index (Phi) is 8.34. The highest BCUT2D eigenvalue weighted by Gasteiger charge is 2.21. The SMILES string of the molecule is C=CC(=O)Nc1cccc(-n2c(NC(=O)c3ccc(C(F)F)s3)nc3cc(CN[C@H]4CC[C@H](O)CC4)ccc32)c1. The molecule has 2 aromatic carbocycles. The second-order valence-corrected chi connectivity index (χ2v) is 10.8. The lowest BCUT2D eigenvalue weighted by Crippen LogP contribution is -2.34. The Balaban J connectivity index is 1.47. The molecule has 0 radical (unpaired) electrons. The molecule has 1 saturated carbocycles. The molecule has 4 N–H and O–H groups in total. The van der Waals surface area contributed by atoms with Crippen molar-refractivity contribution in [2.24, 2.45) is 0 Å². The third-order valence-corrected chi connectivity index (χ3v) is 7.95. The molecule has 2 heterocycles. The molecule has 11 heteroatoms. The van der Waals surface area contributed by atoms with Gasteiger partial charge in [0.25, 0.3) is 12.3 Å². The van der Waals surface area contributed by atoms with Crippen molar-refractivity contribution in [1.82, 2.24) is 14.9 Å². The molecule has 2 amide bonds. The van der Waals surface area contributed by atoms with Gasteiger partial charge in [0.15, 0.2) is 0 Å². The molecule has 2 aromatic heterocycles. The fourth-order valence-corrected chi connectivity index (χ4v) is 5.55. The Bertz CT molecular complexity index is 1540. The molecule has 1 aliphatic rings. The summed E-state index contributed by atoms with van der Waals surface area (Å²) in [6.07, 6.45) is 1.72. The van der Waals surface area contributed by atoms with Gasteiger partial charge in [-0.05, 0) is 79.8 Å². The van der Waals surface area contributed by atoms with Gasteiger partial charge in [-0.2, -0.15) is 0 Å². The van der Waals surface area contributed by atoms with E-state index in [2.05, 4.69) is 22.5 Å². The molecule has 1 fully saturated rings. The lowest BCUT2D eigenvalue weighted by Gasteiger charge is -2.26. The minimum Gasteiger partial charge on any atom is -0.393 e. The molecule has 5 rings (SSSR count). The van der Waals surface area contributed by atoms with Crippen molar-refractivity contribution in [3.05, 3.63) is 82.6 Å². The number of alkyl halides is 2. The van der Waals surface area contributed by atoms with Crippen LogP contribution in [0.15, 0.2) is 67.3 Å². The number of hydrogen-bond acceptors (Lipinski definition) is 6. The first-order valence-corrected chi connectivity index (χ1v) is 13.8. The van der Waals surface area contributed by atoms with Gasteiger partial charge < -0.3 is 15.7 Å². The molecule has 0 bridgehead atoms. The smallest absolute Gasteiger partial charge is 0.272 e. The number of hydrogen-bond donors (Lipinski definition) is 4. The number of aliphatic hydroxyl groups is 1. The number of fused-ring (bicyclic) bond motifs is 1. The average molecular weight is 566 g/mol. The lowest BCUT2D eigenvalue weighted by molar-refractivity contribution is -0.111. The van der Waals surface area contributed by atoms with Gasteiger partial charge in [0.1, 0.15) is 0 Å². The minimum atomic E-state index is -2.66. The van der Waals surface area contributed by atoms with Crippen LogP contribution in [0.4, 0.5) is 20.4 Å². The van der Waals surface area contributed by atoms with Gasteiger partial charge in [-0.3, -0.25) is 19.5 Å². The van der Waals surface area contributed by atoms with Crippen LogP contribution in [0, 0.1) is 0 Å². The molecule has 208 valence electrons. The fourth-order valence-electron chi connectivity index (χ4n) is 4.79. The molecule has 0 spiro atoms. The predicted octanol–water partition coefficient (Wildman–Crippen LogP) is 5.79. The Morgan fingerprint density at radius 1 is 1.10 bits per heavy atom. The summed E-state index contributed by atoms with van der Waals surface area (Å²) >= 11 is 0.731. The Labute approximate surface area is 233 Å². The summed E-state index contributed by atoms with van der Waals surface area (Å²) in [5.74, 6) is -0.699. The van der Waals surface area contributed by atoms with E-state index >= 15 is 0 Å². The van der Waals surface area contributed by atoms with Crippen molar-refractivity contribution < 1.29 is 23.5 Å². The van der Waals surface area contributed by atoms with Gasteiger partial charge in [0.05, 0.1) is 32.6 Å². The summed E-state index contributed by atoms with van der Waals surface area (Å²) in [6.45, 7) is 4.10. The number of carbonyl (C=O) groups excluding carboxylic acids is 2. The topological polar surface area (TPSA) is 108 Å². The molecule has 8 nitrogen and oxygen atoms in total. The Morgan fingerprint density at radius 3 is 2.62 bits per heavy atom. The molecular formula is C29H29F2N5O3S. The van der Waals surface area contributed by atoms with Crippen LogP contribution >= 0.6 is 11.3 Å². The number of nitrogens with one attached hydrogen (secondary N) is 3. The highest BCUT2D eigenvalue weighted by atomic mass is 32.1. The van der Waals surface area contributed by atoms with Crippen LogP contribution < -0.4 is 16.0 Å². The first kappa shape index (κ1) is 27.6. The van der Waals surface area contributed by atoms with Gasteiger partial charge in [0, 0.05) is 18.3 Å². The summed E-state index contributed by atoms with van der Waals surface area (Å²) in [5.41, 5.74) is 3.51. The van der Waals surface area contributed by atoms with Crippen LogP contribution in [0.25, 0.3) is 16.7 Å². The van der Waals surface area contributed by atoms with Crippen LogP contribution in [0.2, 0.25) is 0 Å². The maximum atomic E-state index is 13.1. The Morgan fingerprint density at radius 2 is 1.90 bits per heavy atom. The molecule has 0 unspecified atom stereocenters. The van der Waals surface area contributed by atoms with Crippen LogP contribution in [0.5, 0.6) is 0 Å². The monoisotopic (exact) mass is 565 g/mol. The number of nitrogens with zero attached hydrogens (tertiary/aromatic N) is 2. The van der Waals surface area contributed by atoms with Crippen LogP contribution in [-0.4, -0.2) is 38.6 Å². The van der Waals surface area contributed by atoms with E-state index in [0.717, 1.165) is 42.6 Å². The number of thiophene rings is 1. The summed E-state index contributed by atoms with van der Waals surface area (Å²) in [4.78, 5) is 29.5. The van der Waals surface area contributed by atoms with Gasteiger partial charge in [-0.1, -0.05) is 18.7 Å². The van der Waals surface area contributed by atoms with Crippen molar-refractivity contribution in [1.29, 1.82) is 0 Å². The Hall–Kier alpha value is -3.93. The van der Waals surface area contributed by atoms with Gasteiger partial charge >= 0.3 is 0 Å². The fraction of sp³-hybridized carbons (Fsp3) is 0.276. The second kappa shape index (κ2) is 12.1. The van der Waals surface area contributed by atoms with Crippen molar-refractivity contribution in [2.45, 2.75) is 50.8 Å². The van der Waals surface area contributed by atoms with Crippen molar-refractivity contribution in [2.75, 3.05) is 10.6 Å². The summed E-state index contributed by atoms with van der Waals surface area (Å²) < 4.78 is 27.9. The maximum absolute atomic E-state index is 13.1. The van der Waals surface area contributed by atoms with E-state index in [1.165, 1.54) is 18.2 Å². The second-order valence-electron chi connectivity index (χ2n) is 9.68. The molecule has 40 heavy (non-hydrogen) atoms. The van der Waals surface area contributed by atoms with Gasteiger partial charge in [0.2, 0.25) is 11.9 Å². The quantitative estimate of drug-likeness (QED) is 0.192. The first-order valence-electron chi connectivity index (χ1n) is 13.0. The van der Waals surface area contributed by atoms with E-state index in [9.17, 15) is 23.5 Å². The lowest BCUT2D eigenvalue weighted by atomic mass is 9.93. The largest absolute Gasteiger partial charge is 0.393 e. The molecule has 1 aliphatic carbocycles. The van der Waals surface area contributed by atoms with Gasteiger partial charge in [-0.15, -0.1) is 11.3 Å². The van der Waals surface area contributed by atoms with E-state index < -0.39 is 12.3 Å². The van der Waals surface area contributed by atoms with Crippen molar-refractivity contribution in [3.63, 3.8) is 0 Å². The van der Waals surface area contributed by atoms with Crippen LogP contribution in [-0.2, 0) is 11.3 Å². The van der Waals surface area contributed by atoms with E-state index in [4.69, 9.17) is 4.98 Å². The van der Waals surface area contributed by atoms with E-state index in [0.29, 0.717) is 35.0 Å². The van der Waals surface area contributed by atoms with E-state index in [-0.39, 0.29) is 27.7 Å². The number of amides is 2. The molecule has 0 aliphatic heterocycles. The minimum absolute atomic E-state index is 0.142.